The summed E-state index contributed by atoms with van der Waals surface area (Å²) in [5.41, 5.74) is 0.702. The number of carbonyl (C=O) groups is 4. The van der Waals surface area contributed by atoms with Crippen molar-refractivity contribution in [1.29, 1.82) is 0 Å². The zero-order chi connectivity index (χ0) is 19.6. The molecule has 0 radical (unpaired) electrons. The van der Waals surface area contributed by atoms with Gasteiger partial charge in [0.25, 0.3) is 11.8 Å². The Morgan fingerprint density at radius 2 is 1.63 bits per heavy atom. The topological polar surface area (TPSA) is 124 Å². The standard InChI is InChI=1S/C19H16N2O6/c22-15-10-11(19(26)27)7-8-14(15)20-16(23)6-3-9-21-17(24)12-4-1-2-5-13(12)18(21)25/h1-2,4-5,7-8,10,22H,3,6,9H2,(H,20,23)(H,26,27). The molecule has 0 fully saturated rings. The highest BCUT2D eigenvalue weighted by atomic mass is 16.4. The second kappa shape index (κ2) is 7.28. The Labute approximate surface area is 154 Å². The number of hydrogen-bond donors (Lipinski definition) is 3. The lowest BCUT2D eigenvalue weighted by atomic mass is 10.1. The van der Waals surface area contributed by atoms with Crippen molar-refractivity contribution in [3.05, 3.63) is 59.2 Å². The van der Waals surface area contributed by atoms with E-state index in [1.807, 2.05) is 0 Å². The Morgan fingerprint density at radius 1 is 1.00 bits per heavy atom. The van der Waals surface area contributed by atoms with Crippen molar-refractivity contribution >= 4 is 29.4 Å². The smallest absolute Gasteiger partial charge is 0.335 e. The number of carbonyl (C=O) groups excluding carboxylic acids is 3. The Hall–Kier alpha value is -3.68. The Balaban J connectivity index is 1.54. The van der Waals surface area contributed by atoms with Gasteiger partial charge in [0.15, 0.2) is 0 Å². The predicted octanol–water partition coefficient (Wildman–Crippen LogP) is 2.11. The normalized spacial score (nSPS) is 12.8. The number of nitrogens with one attached hydrogen (secondary N) is 1. The molecule has 3 amide bonds. The van der Waals surface area contributed by atoms with Gasteiger partial charge in [-0.15, -0.1) is 0 Å². The molecule has 1 aliphatic rings. The number of phenolic OH excluding ortho intramolecular Hbond substituents is 1. The molecule has 0 spiro atoms. The van der Waals surface area contributed by atoms with Gasteiger partial charge >= 0.3 is 5.97 Å². The molecule has 138 valence electrons. The summed E-state index contributed by atoms with van der Waals surface area (Å²) >= 11 is 0. The van der Waals surface area contributed by atoms with Gasteiger partial charge in [0.2, 0.25) is 5.91 Å². The van der Waals surface area contributed by atoms with Gasteiger partial charge in [-0.1, -0.05) is 12.1 Å². The summed E-state index contributed by atoms with van der Waals surface area (Å²) in [7, 11) is 0. The summed E-state index contributed by atoms with van der Waals surface area (Å²) in [5, 5.41) is 21.1. The molecule has 0 atom stereocenters. The van der Waals surface area contributed by atoms with Crippen molar-refractivity contribution in [2.24, 2.45) is 0 Å². The minimum atomic E-state index is -1.19. The number of aromatic carboxylic acids is 1. The van der Waals surface area contributed by atoms with Crippen molar-refractivity contribution in [1.82, 2.24) is 4.90 Å². The molecule has 8 heteroatoms. The summed E-state index contributed by atoms with van der Waals surface area (Å²) in [6.07, 6.45) is 0.277. The lowest BCUT2D eigenvalue weighted by Crippen LogP contribution is -2.31. The lowest BCUT2D eigenvalue weighted by Gasteiger charge is -2.13. The van der Waals surface area contributed by atoms with Crippen LogP contribution in [0, 0.1) is 0 Å². The molecule has 0 unspecified atom stereocenters. The van der Waals surface area contributed by atoms with Crippen LogP contribution in [0.2, 0.25) is 0 Å². The lowest BCUT2D eigenvalue weighted by molar-refractivity contribution is -0.116. The van der Waals surface area contributed by atoms with Crippen LogP contribution < -0.4 is 5.32 Å². The van der Waals surface area contributed by atoms with Crippen LogP contribution in [0.1, 0.15) is 43.9 Å². The summed E-state index contributed by atoms with van der Waals surface area (Å²) in [5.74, 6) is -2.73. The van der Waals surface area contributed by atoms with E-state index in [0.29, 0.717) is 11.1 Å². The second-order valence-corrected chi connectivity index (χ2v) is 6.00. The Bertz CT molecular complexity index is 918. The quantitative estimate of drug-likeness (QED) is 0.530. The molecule has 0 saturated heterocycles. The average molecular weight is 368 g/mol. The summed E-state index contributed by atoms with van der Waals surface area (Å²) in [4.78, 5) is 48.4. The van der Waals surface area contributed by atoms with Crippen LogP contribution >= 0.6 is 0 Å². The molecule has 0 bridgehead atoms. The molecule has 1 heterocycles. The maximum Gasteiger partial charge on any atom is 0.335 e. The first-order chi connectivity index (χ1) is 12.9. The molecule has 1 aliphatic heterocycles. The van der Waals surface area contributed by atoms with E-state index < -0.39 is 11.9 Å². The number of hydrogen-bond acceptors (Lipinski definition) is 5. The van der Waals surface area contributed by atoms with Gasteiger partial charge < -0.3 is 15.5 Å². The number of carboxylic acid groups (broad SMARTS) is 1. The van der Waals surface area contributed by atoms with Gasteiger partial charge in [0.05, 0.1) is 22.4 Å². The van der Waals surface area contributed by atoms with Crippen LogP contribution in [0.25, 0.3) is 0 Å². The monoisotopic (exact) mass is 368 g/mol. The van der Waals surface area contributed by atoms with E-state index in [2.05, 4.69) is 5.32 Å². The first kappa shape index (κ1) is 18.1. The third kappa shape index (κ3) is 3.64. The van der Waals surface area contributed by atoms with Gasteiger partial charge in [-0.3, -0.25) is 19.3 Å². The zero-order valence-electron chi connectivity index (χ0n) is 14.1. The predicted molar refractivity (Wildman–Crippen MR) is 94.7 cm³/mol. The van der Waals surface area contributed by atoms with E-state index in [9.17, 15) is 24.3 Å². The molecule has 3 rings (SSSR count). The van der Waals surface area contributed by atoms with Crippen LogP contribution in [0.4, 0.5) is 5.69 Å². The third-order valence-corrected chi connectivity index (χ3v) is 4.18. The summed E-state index contributed by atoms with van der Waals surface area (Å²) < 4.78 is 0. The molecule has 2 aromatic rings. The molecular weight excluding hydrogens is 352 g/mol. The first-order valence-electron chi connectivity index (χ1n) is 8.20. The third-order valence-electron chi connectivity index (χ3n) is 4.18. The van der Waals surface area contributed by atoms with Gasteiger partial charge in [0.1, 0.15) is 5.75 Å². The van der Waals surface area contributed by atoms with Crippen molar-refractivity contribution in [2.45, 2.75) is 12.8 Å². The molecular formula is C19H16N2O6. The SMILES string of the molecule is O=C(CCCN1C(=O)c2ccccc2C1=O)Nc1ccc(C(=O)O)cc1O. The van der Waals surface area contributed by atoms with Gasteiger partial charge in [0, 0.05) is 13.0 Å². The fourth-order valence-corrected chi connectivity index (χ4v) is 2.82. The average Bonchev–Trinajstić information content (AvgIpc) is 2.88. The molecule has 0 saturated carbocycles. The number of carboxylic acids is 1. The first-order valence-corrected chi connectivity index (χ1v) is 8.20. The molecule has 0 aliphatic carbocycles. The maximum atomic E-state index is 12.2. The van der Waals surface area contributed by atoms with E-state index in [4.69, 9.17) is 5.11 Å². The van der Waals surface area contributed by atoms with E-state index in [1.165, 1.54) is 12.1 Å². The van der Waals surface area contributed by atoms with E-state index in [-0.39, 0.29) is 48.2 Å². The van der Waals surface area contributed by atoms with Crippen LogP contribution in [0.15, 0.2) is 42.5 Å². The van der Waals surface area contributed by atoms with E-state index >= 15 is 0 Å². The highest BCUT2D eigenvalue weighted by Crippen LogP contribution is 2.25. The zero-order valence-corrected chi connectivity index (χ0v) is 14.1. The van der Waals surface area contributed by atoms with Crippen LogP contribution in [0.3, 0.4) is 0 Å². The summed E-state index contributed by atoms with van der Waals surface area (Å²) in [6.45, 7) is 0.101. The number of anilines is 1. The van der Waals surface area contributed by atoms with Crippen LogP contribution in [-0.4, -0.2) is 45.3 Å². The Morgan fingerprint density at radius 3 is 2.19 bits per heavy atom. The minimum absolute atomic E-state index is 0.0214. The number of imide groups is 1. The molecule has 8 nitrogen and oxygen atoms in total. The highest BCUT2D eigenvalue weighted by molar-refractivity contribution is 6.21. The van der Waals surface area contributed by atoms with Gasteiger partial charge in [-0.2, -0.15) is 0 Å². The maximum absolute atomic E-state index is 12.2. The fraction of sp³-hybridized carbons (Fsp3) is 0.158. The van der Waals surface area contributed by atoms with Gasteiger partial charge in [-0.25, -0.2) is 4.79 Å². The number of fused-ring (bicyclic) bond motifs is 1. The Kier molecular flexibility index (Phi) is 4.89. The number of amides is 3. The highest BCUT2D eigenvalue weighted by Gasteiger charge is 2.34. The van der Waals surface area contributed by atoms with E-state index in [0.717, 1.165) is 11.0 Å². The minimum Gasteiger partial charge on any atom is -0.506 e. The number of aromatic hydroxyl groups is 1. The number of nitrogens with zero attached hydrogens (tertiary/aromatic N) is 1. The molecule has 27 heavy (non-hydrogen) atoms. The second-order valence-electron chi connectivity index (χ2n) is 6.00. The van der Waals surface area contributed by atoms with Crippen molar-refractivity contribution in [2.75, 3.05) is 11.9 Å². The number of benzene rings is 2. The number of phenols is 1. The molecule has 3 N–H and O–H groups in total. The van der Waals surface area contributed by atoms with Crippen molar-refractivity contribution < 1.29 is 29.4 Å². The molecule has 0 aromatic heterocycles. The van der Waals surface area contributed by atoms with Crippen LogP contribution in [-0.2, 0) is 4.79 Å². The van der Waals surface area contributed by atoms with Crippen LogP contribution in [0.5, 0.6) is 5.75 Å². The molecule has 2 aromatic carbocycles. The van der Waals surface area contributed by atoms with Crippen molar-refractivity contribution in [3.63, 3.8) is 0 Å². The summed E-state index contributed by atoms with van der Waals surface area (Å²) in [6, 6.07) is 10.1. The number of rotatable bonds is 6. The fourth-order valence-electron chi connectivity index (χ4n) is 2.82. The van der Waals surface area contributed by atoms with E-state index in [1.54, 1.807) is 24.3 Å². The van der Waals surface area contributed by atoms with Crippen molar-refractivity contribution in [3.8, 4) is 5.75 Å². The van der Waals surface area contributed by atoms with Gasteiger partial charge in [-0.05, 0) is 36.8 Å². The largest absolute Gasteiger partial charge is 0.506 e.